The summed E-state index contributed by atoms with van der Waals surface area (Å²) in [6.07, 6.45) is 11.6. The van der Waals surface area contributed by atoms with Crippen molar-refractivity contribution in [2.24, 2.45) is 0 Å². The van der Waals surface area contributed by atoms with Crippen molar-refractivity contribution in [2.45, 2.75) is 26.2 Å². The zero-order valence-corrected chi connectivity index (χ0v) is 33.8. The van der Waals surface area contributed by atoms with Crippen LogP contribution in [0.2, 0.25) is 0 Å². The van der Waals surface area contributed by atoms with Crippen LogP contribution in [0.3, 0.4) is 0 Å². The smallest absolute Gasteiger partial charge is 0.356 e. The van der Waals surface area contributed by atoms with Crippen LogP contribution in [0.4, 0.5) is 0 Å². The zero-order valence-electron chi connectivity index (χ0n) is 27.9. The van der Waals surface area contributed by atoms with Gasteiger partial charge in [-0.2, -0.15) is 0 Å². The Labute approximate surface area is 321 Å². The van der Waals surface area contributed by atoms with Crippen LogP contribution in [0, 0.1) is 61.3 Å². The quantitative estimate of drug-likeness (QED) is 0.125. The summed E-state index contributed by atoms with van der Waals surface area (Å²) >= 11 is 0. The molecule has 0 saturated carbocycles. The Bertz CT molecular complexity index is 1470. The van der Waals surface area contributed by atoms with Crippen molar-refractivity contribution in [2.75, 3.05) is 14.1 Å². The van der Waals surface area contributed by atoms with E-state index in [-0.39, 0.29) is 39.0 Å². The molecule has 0 aliphatic rings. The van der Waals surface area contributed by atoms with Gasteiger partial charge in [0.25, 0.3) is 0 Å². The monoisotopic (exact) mass is 826 g/mol. The average Bonchev–Trinajstić information content (AvgIpc) is 3.00. The maximum absolute atomic E-state index is 8.25. The van der Waals surface area contributed by atoms with E-state index in [1.807, 2.05) is 73.3 Å². The van der Waals surface area contributed by atoms with Gasteiger partial charge < -0.3 is 61.3 Å². The molecule has 22 nitrogen and oxygen atoms in total. The summed E-state index contributed by atoms with van der Waals surface area (Å²) in [4.78, 5) is 55.3. The fourth-order valence-corrected chi connectivity index (χ4v) is 3.77. The Morgan fingerprint density at radius 1 is 0.481 bits per heavy atom. The fourth-order valence-electron chi connectivity index (χ4n) is 3.77. The summed E-state index contributed by atoms with van der Waals surface area (Å²) in [7, 11) is 4.17. The molecule has 0 N–H and O–H groups in total. The molecule has 0 amide bonds. The summed E-state index contributed by atoms with van der Waals surface area (Å²) in [5.41, 5.74) is 6.43. The van der Waals surface area contributed by atoms with E-state index < -0.39 is 20.3 Å². The number of aromatic nitrogens is 4. The average molecular weight is 829 g/mol. The molecule has 0 aliphatic heterocycles. The molecular formula is C28H30N10O12Zn2. The Balaban J connectivity index is -0.00000113. The van der Waals surface area contributed by atoms with Crippen LogP contribution in [-0.4, -0.2) is 64.2 Å². The van der Waals surface area contributed by atoms with Crippen LogP contribution in [0.5, 0.6) is 0 Å². The SMILES string of the molecule is CN(Cc1ccccn1)Cc1cc(/C=C/c2ccnc(CN(C)Cc3ccccn3)c2)ccn1.O=[N+]([O-])[O-].O=[N+]([O-])[O-].O=[N+]([O-])[O-].O=[N+]([O-])[O-].[Zn+2].[Zn+2]. The van der Waals surface area contributed by atoms with Crippen molar-refractivity contribution >= 4 is 12.2 Å². The molecule has 268 valence electrons. The maximum Gasteiger partial charge on any atom is 2.00 e. The molecule has 0 radical (unpaired) electrons. The first kappa shape index (κ1) is 50.7. The van der Waals surface area contributed by atoms with E-state index in [1.165, 1.54) is 0 Å². The van der Waals surface area contributed by atoms with E-state index in [0.29, 0.717) is 0 Å². The van der Waals surface area contributed by atoms with Gasteiger partial charge in [-0.25, -0.2) is 0 Å². The van der Waals surface area contributed by atoms with E-state index in [9.17, 15) is 0 Å². The first-order chi connectivity index (χ1) is 23.6. The van der Waals surface area contributed by atoms with Gasteiger partial charge in [-0.05, 0) is 73.8 Å². The van der Waals surface area contributed by atoms with Gasteiger partial charge in [-0.15, -0.1) is 0 Å². The molecule has 0 saturated heterocycles. The van der Waals surface area contributed by atoms with Gasteiger partial charge in [-0.1, -0.05) is 24.3 Å². The fraction of sp³-hybridized carbons (Fsp3) is 0.214. The zero-order chi connectivity index (χ0) is 37.9. The van der Waals surface area contributed by atoms with Gasteiger partial charge >= 0.3 is 39.0 Å². The van der Waals surface area contributed by atoms with Crippen molar-refractivity contribution in [1.82, 2.24) is 29.7 Å². The minimum atomic E-state index is -1.75. The van der Waals surface area contributed by atoms with Crippen molar-refractivity contribution < 1.29 is 59.3 Å². The molecule has 24 heteroatoms. The molecule has 4 rings (SSSR count). The molecule has 4 aromatic heterocycles. The maximum atomic E-state index is 8.25. The number of hydrogen-bond donors (Lipinski definition) is 0. The first-order valence-electron chi connectivity index (χ1n) is 13.6. The standard InChI is InChI=1S/C28H30N6.4NO3.2Zn/c1-33(19-25-7-3-5-13-29-25)21-27-17-23(11-15-31-27)9-10-24-12-16-32-28(18-24)22-34(2)20-26-8-4-6-14-30-26;4*2-1(3)4;;/h3-18H,19-22H2,1-2H3;;;;;;/q;4*-1;2*+2/b10-9+;;;;;;. The van der Waals surface area contributed by atoms with E-state index in [0.717, 1.165) is 60.1 Å². The second-order valence-electron chi connectivity index (χ2n) is 9.38. The first-order valence-corrected chi connectivity index (χ1v) is 13.6. The minimum Gasteiger partial charge on any atom is -0.356 e. The van der Waals surface area contributed by atoms with Gasteiger partial charge in [0.2, 0.25) is 0 Å². The Kier molecular flexibility index (Phi) is 29.4. The third kappa shape index (κ3) is 31.6. The molecule has 0 unspecified atom stereocenters. The van der Waals surface area contributed by atoms with Crippen LogP contribution >= 0.6 is 0 Å². The molecule has 0 fully saturated rings. The van der Waals surface area contributed by atoms with E-state index in [1.54, 1.807) is 0 Å². The van der Waals surface area contributed by atoms with Gasteiger partial charge in [-0.3, -0.25) is 29.7 Å². The molecular weight excluding hydrogens is 799 g/mol. The van der Waals surface area contributed by atoms with Crippen LogP contribution in [-0.2, 0) is 65.1 Å². The van der Waals surface area contributed by atoms with Gasteiger partial charge in [0.05, 0.1) is 43.1 Å². The summed E-state index contributed by atoms with van der Waals surface area (Å²) < 4.78 is 0. The van der Waals surface area contributed by atoms with Gasteiger partial charge in [0.15, 0.2) is 0 Å². The Morgan fingerprint density at radius 3 is 1.02 bits per heavy atom. The normalized spacial score (nSPS) is 9.38. The summed E-state index contributed by atoms with van der Waals surface area (Å²) in [6, 6.07) is 20.3. The predicted octanol–water partition coefficient (Wildman–Crippen LogP) is 3.74. The van der Waals surface area contributed by atoms with Crippen molar-refractivity contribution in [1.29, 1.82) is 0 Å². The second-order valence-corrected chi connectivity index (χ2v) is 9.38. The van der Waals surface area contributed by atoms with Crippen LogP contribution < -0.4 is 0 Å². The molecule has 4 heterocycles. The van der Waals surface area contributed by atoms with Crippen molar-refractivity contribution in [3.05, 3.63) is 181 Å². The molecule has 52 heavy (non-hydrogen) atoms. The Hall–Kier alpha value is -5.69. The second kappa shape index (κ2) is 30.2. The number of pyridine rings is 4. The van der Waals surface area contributed by atoms with Gasteiger partial charge in [0, 0.05) is 51.0 Å². The molecule has 0 bridgehead atoms. The van der Waals surface area contributed by atoms with Crippen molar-refractivity contribution in [3.63, 3.8) is 0 Å². The molecule has 0 aliphatic carbocycles. The van der Waals surface area contributed by atoms with E-state index >= 15 is 0 Å². The third-order valence-corrected chi connectivity index (χ3v) is 5.33. The van der Waals surface area contributed by atoms with Crippen LogP contribution in [0.15, 0.2) is 85.5 Å². The minimum absolute atomic E-state index is 0. The van der Waals surface area contributed by atoms with E-state index in [4.69, 9.17) is 61.3 Å². The van der Waals surface area contributed by atoms with Crippen molar-refractivity contribution in [3.8, 4) is 0 Å². The molecule has 0 aromatic carbocycles. The number of nitrogens with zero attached hydrogens (tertiary/aromatic N) is 10. The van der Waals surface area contributed by atoms with Gasteiger partial charge in [0.1, 0.15) is 0 Å². The summed E-state index contributed by atoms with van der Waals surface area (Å²) in [5, 5.41) is 59.0. The predicted molar refractivity (Wildman–Crippen MR) is 178 cm³/mol. The molecule has 4 aromatic rings. The topological polar surface area (TPSA) is 323 Å². The van der Waals surface area contributed by atoms with Crippen LogP contribution in [0.1, 0.15) is 33.9 Å². The molecule has 0 spiro atoms. The number of hydrogen-bond acceptors (Lipinski definition) is 18. The number of rotatable bonds is 10. The van der Waals surface area contributed by atoms with Crippen LogP contribution in [0.25, 0.3) is 12.2 Å². The summed E-state index contributed by atoms with van der Waals surface area (Å²) in [6.45, 7) is 3.11. The molecule has 0 atom stereocenters. The van der Waals surface area contributed by atoms with E-state index in [2.05, 4.69) is 68.1 Å². The summed E-state index contributed by atoms with van der Waals surface area (Å²) in [5.74, 6) is 0. The Morgan fingerprint density at radius 2 is 0.750 bits per heavy atom. The largest absolute Gasteiger partial charge is 2.00 e. The third-order valence-electron chi connectivity index (χ3n) is 5.33.